The van der Waals surface area contributed by atoms with Crippen molar-refractivity contribution in [3.05, 3.63) is 41.9 Å². The van der Waals surface area contributed by atoms with E-state index >= 15 is 0 Å². The molecule has 2 N–H and O–H groups in total. The third-order valence-electron chi connectivity index (χ3n) is 2.48. The third kappa shape index (κ3) is 2.85. The van der Waals surface area contributed by atoms with Gasteiger partial charge in [-0.15, -0.1) is 0 Å². The smallest absolute Gasteiger partial charge is 0.251 e. The standard InChI is InChI=1S/C12H15N5O/c1-13-11-7-9(3-5-14-11)12(18)15-8-10-4-6-17(2)16-10/h3-7H,8H2,1-2H3,(H,13,14)(H,15,18). The molecule has 0 fully saturated rings. The zero-order valence-electron chi connectivity index (χ0n) is 10.3. The number of carbonyl (C=O) groups is 1. The van der Waals surface area contributed by atoms with Crippen LogP contribution in [0.15, 0.2) is 30.6 Å². The van der Waals surface area contributed by atoms with Gasteiger partial charge in [0, 0.05) is 32.1 Å². The lowest BCUT2D eigenvalue weighted by Crippen LogP contribution is -2.23. The van der Waals surface area contributed by atoms with E-state index < -0.39 is 0 Å². The summed E-state index contributed by atoms with van der Waals surface area (Å²) in [4.78, 5) is 15.9. The largest absolute Gasteiger partial charge is 0.373 e. The number of nitrogens with zero attached hydrogens (tertiary/aromatic N) is 3. The van der Waals surface area contributed by atoms with Crippen molar-refractivity contribution >= 4 is 11.7 Å². The molecule has 0 aliphatic rings. The van der Waals surface area contributed by atoms with Crippen LogP contribution in [-0.4, -0.2) is 27.7 Å². The number of hydrogen-bond acceptors (Lipinski definition) is 4. The maximum absolute atomic E-state index is 11.9. The van der Waals surface area contributed by atoms with Crippen LogP contribution in [0.3, 0.4) is 0 Å². The van der Waals surface area contributed by atoms with Crippen LogP contribution in [0.1, 0.15) is 16.1 Å². The highest BCUT2D eigenvalue weighted by molar-refractivity contribution is 5.94. The molecule has 2 aromatic heterocycles. The molecule has 0 saturated heterocycles. The molecule has 0 saturated carbocycles. The van der Waals surface area contributed by atoms with E-state index in [9.17, 15) is 4.79 Å². The van der Waals surface area contributed by atoms with Crippen molar-refractivity contribution < 1.29 is 4.79 Å². The van der Waals surface area contributed by atoms with Gasteiger partial charge in [-0.3, -0.25) is 9.48 Å². The van der Waals surface area contributed by atoms with Gasteiger partial charge in [0.15, 0.2) is 0 Å². The van der Waals surface area contributed by atoms with Crippen LogP contribution in [0.5, 0.6) is 0 Å². The maximum atomic E-state index is 11.9. The van der Waals surface area contributed by atoms with Crippen LogP contribution in [0, 0.1) is 0 Å². The predicted octanol–water partition coefficient (Wildman–Crippen LogP) is 0.787. The molecule has 2 rings (SSSR count). The summed E-state index contributed by atoms with van der Waals surface area (Å²) < 4.78 is 1.70. The lowest BCUT2D eigenvalue weighted by atomic mass is 10.2. The van der Waals surface area contributed by atoms with E-state index in [-0.39, 0.29) is 5.91 Å². The van der Waals surface area contributed by atoms with Crippen LogP contribution >= 0.6 is 0 Å². The van der Waals surface area contributed by atoms with Crippen molar-refractivity contribution in [2.75, 3.05) is 12.4 Å². The molecule has 2 heterocycles. The van der Waals surface area contributed by atoms with Crippen LogP contribution in [-0.2, 0) is 13.6 Å². The highest BCUT2D eigenvalue weighted by atomic mass is 16.1. The minimum absolute atomic E-state index is 0.139. The molecule has 6 nitrogen and oxygen atoms in total. The Morgan fingerprint density at radius 3 is 2.94 bits per heavy atom. The first-order chi connectivity index (χ1) is 8.69. The van der Waals surface area contributed by atoms with E-state index in [4.69, 9.17) is 0 Å². The SMILES string of the molecule is CNc1cc(C(=O)NCc2ccn(C)n2)ccn1. The number of carbonyl (C=O) groups excluding carboxylic acids is 1. The lowest BCUT2D eigenvalue weighted by molar-refractivity contribution is 0.0950. The maximum Gasteiger partial charge on any atom is 0.251 e. The Labute approximate surface area is 105 Å². The average molecular weight is 245 g/mol. The monoisotopic (exact) mass is 245 g/mol. The fourth-order valence-electron chi connectivity index (χ4n) is 1.54. The van der Waals surface area contributed by atoms with Crippen molar-refractivity contribution in [1.29, 1.82) is 0 Å². The molecule has 2 aromatic rings. The Morgan fingerprint density at radius 1 is 1.44 bits per heavy atom. The van der Waals surface area contributed by atoms with Gasteiger partial charge in [-0.25, -0.2) is 4.98 Å². The number of hydrogen-bond donors (Lipinski definition) is 2. The number of pyridine rings is 1. The quantitative estimate of drug-likeness (QED) is 0.835. The molecular formula is C12H15N5O. The first-order valence-corrected chi connectivity index (χ1v) is 5.59. The summed E-state index contributed by atoms with van der Waals surface area (Å²) >= 11 is 0. The van der Waals surface area contributed by atoms with E-state index in [0.29, 0.717) is 17.9 Å². The van der Waals surface area contributed by atoms with E-state index in [1.165, 1.54) is 0 Å². The molecule has 0 radical (unpaired) electrons. The van der Waals surface area contributed by atoms with Gasteiger partial charge in [-0.1, -0.05) is 0 Å². The normalized spacial score (nSPS) is 10.1. The number of amides is 1. The highest BCUT2D eigenvalue weighted by Gasteiger charge is 2.07. The van der Waals surface area contributed by atoms with Crippen molar-refractivity contribution in [2.24, 2.45) is 7.05 Å². The Hall–Kier alpha value is -2.37. The van der Waals surface area contributed by atoms with E-state index in [2.05, 4.69) is 20.7 Å². The fraction of sp³-hybridized carbons (Fsp3) is 0.250. The van der Waals surface area contributed by atoms with Crippen molar-refractivity contribution in [3.8, 4) is 0 Å². The zero-order valence-corrected chi connectivity index (χ0v) is 10.3. The molecular weight excluding hydrogens is 230 g/mol. The van der Waals surface area contributed by atoms with Gasteiger partial charge in [0.2, 0.25) is 0 Å². The number of aromatic nitrogens is 3. The van der Waals surface area contributed by atoms with E-state index in [1.54, 1.807) is 30.1 Å². The molecule has 0 aliphatic carbocycles. The molecule has 0 atom stereocenters. The average Bonchev–Trinajstić information content (AvgIpc) is 2.82. The summed E-state index contributed by atoms with van der Waals surface area (Å²) in [6.45, 7) is 0.414. The van der Waals surface area contributed by atoms with Gasteiger partial charge in [-0.2, -0.15) is 5.10 Å². The number of anilines is 1. The van der Waals surface area contributed by atoms with Crippen molar-refractivity contribution in [2.45, 2.75) is 6.54 Å². The number of nitrogens with one attached hydrogen (secondary N) is 2. The van der Waals surface area contributed by atoms with Gasteiger partial charge >= 0.3 is 0 Å². The van der Waals surface area contributed by atoms with Crippen LogP contribution in [0.2, 0.25) is 0 Å². The fourth-order valence-corrected chi connectivity index (χ4v) is 1.54. The first-order valence-electron chi connectivity index (χ1n) is 5.59. The summed E-state index contributed by atoms with van der Waals surface area (Å²) in [6, 6.07) is 5.24. The molecule has 94 valence electrons. The molecule has 0 unspecified atom stereocenters. The predicted molar refractivity (Wildman–Crippen MR) is 68.2 cm³/mol. The Morgan fingerprint density at radius 2 is 2.28 bits per heavy atom. The van der Waals surface area contributed by atoms with Gasteiger partial charge in [0.05, 0.1) is 12.2 Å². The van der Waals surface area contributed by atoms with E-state index in [0.717, 1.165) is 5.69 Å². The van der Waals surface area contributed by atoms with Crippen molar-refractivity contribution in [3.63, 3.8) is 0 Å². The first kappa shape index (κ1) is 12.1. The zero-order chi connectivity index (χ0) is 13.0. The Kier molecular flexibility index (Phi) is 3.57. The molecule has 0 aliphatic heterocycles. The third-order valence-corrected chi connectivity index (χ3v) is 2.48. The molecule has 18 heavy (non-hydrogen) atoms. The minimum Gasteiger partial charge on any atom is -0.373 e. The summed E-state index contributed by atoms with van der Waals surface area (Å²) in [6.07, 6.45) is 3.44. The molecule has 0 bridgehead atoms. The van der Waals surface area contributed by atoms with Gasteiger partial charge in [0.25, 0.3) is 5.91 Å². The van der Waals surface area contributed by atoms with Crippen LogP contribution in [0.4, 0.5) is 5.82 Å². The van der Waals surface area contributed by atoms with Gasteiger partial charge < -0.3 is 10.6 Å². The van der Waals surface area contributed by atoms with Crippen LogP contribution in [0.25, 0.3) is 0 Å². The number of aryl methyl sites for hydroxylation is 1. The van der Waals surface area contributed by atoms with E-state index in [1.807, 2.05) is 19.3 Å². The second-order valence-electron chi connectivity index (χ2n) is 3.84. The summed E-state index contributed by atoms with van der Waals surface area (Å²) in [7, 11) is 3.60. The summed E-state index contributed by atoms with van der Waals surface area (Å²) in [5, 5.41) is 9.89. The molecule has 0 aromatic carbocycles. The second-order valence-corrected chi connectivity index (χ2v) is 3.84. The lowest BCUT2D eigenvalue weighted by Gasteiger charge is -2.05. The molecule has 0 spiro atoms. The Balaban J connectivity index is 1.99. The highest BCUT2D eigenvalue weighted by Crippen LogP contribution is 2.06. The van der Waals surface area contributed by atoms with Gasteiger partial charge in [-0.05, 0) is 18.2 Å². The summed E-state index contributed by atoms with van der Waals surface area (Å²) in [5.74, 6) is 0.528. The second kappa shape index (κ2) is 5.31. The van der Waals surface area contributed by atoms with Crippen LogP contribution < -0.4 is 10.6 Å². The van der Waals surface area contributed by atoms with Gasteiger partial charge in [0.1, 0.15) is 5.82 Å². The topological polar surface area (TPSA) is 71.8 Å². The summed E-state index contributed by atoms with van der Waals surface area (Å²) in [5.41, 5.74) is 1.40. The molecule has 6 heteroatoms. The Bertz CT molecular complexity index is 549. The number of rotatable bonds is 4. The molecule has 1 amide bonds. The van der Waals surface area contributed by atoms with Crippen molar-refractivity contribution in [1.82, 2.24) is 20.1 Å². The minimum atomic E-state index is -0.139.